The number of carbonyl (C=O) groups is 2. The quantitative estimate of drug-likeness (QED) is 0.900. The number of anilines is 1. The Morgan fingerprint density at radius 2 is 1.83 bits per heavy atom. The lowest BCUT2D eigenvalue weighted by molar-refractivity contribution is -0.121. The number of carbonyl (C=O) groups excluding carboxylic acids is 2. The first-order chi connectivity index (χ1) is 10.9. The summed E-state index contributed by atoms with van der Waals surface area (Å²) < 4.78 is 0. The molecule has 1 aliphatic heterocycles. The van der Waals surface area contributed by atoms with Crippen LogP contribution in [0.2, 0.25) is 0 Å². The molecule has 0 unspecified atom stereocenters. The molecule has 1 fully saturated rings. The summed E-state index contributed by atoms with van der Waals surface area (Å²) in [5.74, 6) is 0.0284. The van der Waals surface area contributed by atoms with Gasteiger partial charge in [-0.1, -0.05) is 12.1 Å². The van der Waals surface area contributed by atoms with Gasteiger partial charge in [-0.15, -0.1) is 0 Å². The Bertz CT molecular complexity index is 576. The number of aryl methyl sites for hydroxylation is 1. The summed E-state index contributed by atoms with van der Waals surface area (Å²) in [7, 11) is 0. The first-order valence-corrected chi connectivity index (χ1v) is 8.31. The fourth-order valence-electron chi connectivity index (χ4n) is 2.80. The molecule has 23 heavy (non-hydrogen) atoms. The third-order valence-electron chi connectivity index (χ3n) is 4.43. The highest BCUT2D eigenvalue weighted by atomic mass is 16.2. The van der Waals surface area contributed by atoms with Crippen LogP contribution < -0.4 is 10.6 Å². The van der Waals surface area contributed by atoms with E-state index in [1.165, 1.54) is 5.56 Å². The van der Waals surface area contributed by atoms with E-state index in [0.717, 1.165) is 11.3 Å². The summed E-state index contributed by atoms with van der Waals surface area (Å²) in [5.41, 5.74) is 3.16. The Morgan fingerprint density at radius 1 is 1.17 bits per heavy atom. The normalized spacial score (nSPS) is 15.6. The van der Waals surface area contributed by atoms with Crippen LogP contribution in [0.5, 0.6) is 0 Å². The van der Waals surface area contributed by atoms with Gasteiger partial charge in [-0.05, 0) is 57.7 Å². The topological polar surface area (TPSA) is 61.4 Å². The van der Waals surface area contributed by atoms with Crippen LogP contribution in [0.3, 0.4) is 0 Å². The second kappa shape index (κ2) is 7.49. The molecular formula is C18H27N3O2. The molecule has 1 saturated heterocycles. The van der Waals surface area contributed by atoms with Crippen LogP contribution >= 0.6 is 0 Å². The number of nitrogens with zero attached hydrogens (tertiary/aromatic N) is 1. The lowest BCUT2D eigenvalue weighted by Gasteiger charge is -2.32. The number of likely N-dealkylation sites (tertiary alicyclic amines) is 1. The van der Waals surface area contributed by atoms with Crippen LogP contribution in [-0.4, -0.2) is 36.0 Å². The van der Waals surface area contributed by atoms with Crippen molar-refractivity contribution in [1.82, 2.24) is 10.2 Å². The second-order valence-electron chi connectivity index (χ2n) is 6.60. The Kier molecular flexibility index (Phi) is 5.64. The van der Waals surface area contributed by atoms with Crippen molar-refractivity contribution >= 4 is 17.6 Å². The monoisotopic (exact) mass is 317 g/mol. The summed E-state index contributed by atoms with van der Waals surface area (Å²) in [4.78, 5) is 26.2. The molecule has 1 aliphatic rings. The van der Waals surface area contributed by atoms with Crippen molar-refractivity contribution in [3.05, 3.63) is 29.3 Å². The van der Waals surface area contributed by atoms with Crippen LogP contribution in [0.1, 0.15) is 37.8 Å². The van der Waals surface area contributed by atoms with E-state index in [4.69, 9.17) is 0 Å². The molecule has 1 aromatic rings. The van der Waals surface area contributed by atoms with Crippen molar-refractivity contribution in [2.45, 2.75) is 46.6 Å². The summed E-state index contributed by atoms with van der Waals surface area (Å²) >= 11 is 0. The SMILES string of the molecule is Cc1cccc(NC(=O)C2CCN(C(=O)NC(C)C)CC2)c1C. The van der Waals surface area contributed by atoms with Crippen LogP contribution in [0.15, 0.2) is 18.2 Å². The zero-order valence-electron chi connectivity index (χ0n) is 14.5. The molecular weight excluding hydrogens is 290 g/mol. The number of benzene rings is 1. The average Bonchev–Trinajstić information content (AvgIpc) is 2.51. The third kappa shape index (κ3) is 4.47. The van der Waals surface area contributed by atoms with E-state index >= 15 is 0 Å². The highest BCUT2D eigenvalue weighted by Gasteiger charge is 2.27. The largest absolute Gasteiger partial charge is 0.336 e. The van der Waals surface area contributed by atoms with Crippen molar-refractivity contribution < 1.29 is 9.59 Å². The molecule has 0 aromatic heterocycles. The lowest BCUT2D eigenvalue weighted by atomic mass is 9.95. The van der Waals surface area contributed by atoms with Crippen molar-refractivity contribution in [2.24, 2.45) is 5.92 Å². The Balaban J connectivity index is 1.89. The van der Waals surface area contributed by atoms with Gasteiger partial charge in [-0.3, -0.25) is 4.79 Å². The van der Waals surface area contributed by atoms with Gasteiger partial charge in [0.2, 0.25) is 5.91 Å². The highest BCUT2D eigenvalue weighted by molar-refractivity contribution is 5.93. The second-order valence-corrected chi connectivity index (χ2v) is 6.60. The molecule has 5 heteroatoms. The van der Waals surface area contributed by atoms with Gasteiger partial charge in [0.25, 0.3) is 0 Å². The van der Waals surface area contributed by atoms with E-state index in [0.29, 0.717) is 25.9 Å². The summed E-state index contributed by atoms with van der Waals surface area (Å²) in [6.45, 7) is 9.21. The van der Waals surface area contributed by atoms with Crippen LogP contribution in [0.4, 0.5) is 10.5 Å². The zero-order chi connectivity index (χ0) is 17.0. The van der Waals surface area contributed by atoms with Crippen LogP contribution in [0, 0.1) is 19.8 Å². The molecule has 1 aromatic carbocycles. The molecule has 1 heterocycles. The van der Waals surface area contributed by atoms with Crippen LogP contribution in [0.25, 0.3) is 0 Å². The van der Waals surface area contributed by atoms with Gasteiger partial charge in [0.15, 0.2) is 0 Å². The predicted octanol–water partition coefficient (Wildman–Crippen LogP) is 3.07. The molecule has 0 radical (unpaired) electrons. The minimum absolute atomic E-state index is 0.0296. The smallest absolute Gasteiger partial charge is 0.317 e. The number of piperidine rings is 1. The van der Waals surface area contributed by atoms with Gasteiger partial charge in [0.05, 0.1) is 0 Å². The molecule has 0 atom stereocenters. The van der Waals surface area contributed by atoms with E-state index in [-0.39, 0.29) is 23.9 Å². The molecule has 0 spiro atoms. The van der Waals surface area contributed by atoms with E-state index in [9.17, 15) is 9.59 Å². The molecule has 0 saturated carbocycles. The maximum atomic E-state index is 12.5. The Morgan fingerprint density at radius 3 is 2.43 bits per heavy atom. The summed E-state index contributed by atoms with van der Waals surface area (Å²) in [6, 6.07) is 6.03. The van der Waals surface area contributed by atoms with E-state index in [2.05, 4.69) is 10.6 Å². The minimum Gasteiger partial charge on any atom is -0.336 e. The number of urea groups is 1. The fraction of sp³-hybridized carbons (Fsp3) is 0.556. The standard InChI is InChI=1S/C18H27N3O2/c1-12(2)19-18(23)21-10-8-15(9-11-21)17(22)20-16-7-5-6-13(3)14(16)4/h5-7,12,15H,8-11H2,1-4H3,(H,19,23)(H,20,22). The van der Waals surface area contributed by atoms with Gasteiger partial charge in [-0.2, -0.15) is 0 Å². The minimum atomic E-state index is -0.0339. The van der Waals surface area contributed by atoms with E-state index in [1.54, 1.807) is 4.90 Å². The van der Waals surface area contributed by atoms with Crippen molar-refractivity contribution in [1.29, 1.82) is 0 Å². The zero-order valence-corrected chi connectivity index (χ0v) is 14.5. The van der Waals surface area contributed by atoms with E-state index in [1.807, 2.05) is 45.9 Å². The van der Waals surface area contributed by atoms with Gasteiger partial charge in [-0.25, -0.2) is 4.79 Å². The molecule has 0 bridgehead atoms. The predicted molar refractivity (Wildman–Crippen MR) is 92.5 cm³/mol. The highest BCUT2D eigenvalue weighted by Crippen LogP contribution is 2.22. The van der Waals surface area contributed by atoms with Crippen LogP contribution in [-0.2, 0) is 4.79 Å². The summed E-state index contributed by atoms with van der Waals surface area (Å²) in [6.07, 6.45) is 1.42. The number of rotatable bonds is 3. The number of hydrogen-bond donors (Lipinski definition) is 2. The Hall–Kier alpha value is -2.04. The molecule has 2 N–H and O–H groups in total. The molecule has 5 nitrogen and oxygen atoms in total. The first-order valence-electron chi connectivity index (χ1n) is 8.31. The lowest BCUT2D eigenvalue weighted by Crippen LogP contribution is -2.47. The molecule has 0 aliphatic carbocycles. The number of nitrogens with one attached hydrogen (secondary N) is 2. The van der Waals surface area contributed by atoms with Crippen molar-refractivity contribution in [3.63, 3.8) is 0 Å². The van der Waals surface area contributed by atoms with Crippen molar-refractivity contribution in [2.75, 3.05) is 18.4 Å². The van der Waals surface area contributed by atoms with Gasteiger partial charge in [0.1, 0.15) is 0 Å². The van der Waals surface area contributed by atoms with Gasteiger partial charge < -0.3 is 15.5 Å². The van der Waals surface area contributed by atoms with E-state index < -0.39 is 0 Å². The molecule has 3 amide bonds. The third-order valence-corrected chi connectivity index (χ3v) is 4.43. The first kappa shape index (κ1) is 17.3. The maximum Gasteiger partial charge on any atom is 0.317 e. The number of hydrogen-bond acceptors (Lipinski definition) is 2. The van der Waals surface area contributed by atoms with Gasteiger partial charge >= 0.3 is 6.03 Å². The average molecular weight is 317 g/mol. The number of amides is 3. The van der Waals surface area contributed by atoms with Crippen molar-refractivity contribution in [3.8, 4) is 0 Å². The summed E-state index contributed by atoms with van der Waals surface area (Å²) in [5, 5.41) is 5.94. The van der Waals surface area contributed by atoms with Gasteiger partial charge in [0, 0.05) is 30.7 Å². The fourth-order valence-corrected chi connectivity index (χ4v) is 2.80. The maximum absolute atomic E-state index is 12.5. The molecule has 126 valence electrons. The molecule has 2 rings (SSSR count). The Labute approximate surface area is 138 Å².